The third-order valence-electron chi connectivity index (χ3n) is 4.86. The quantitative estimate of drug-likeness (QED) is 0.167. The van der Waals surface area contributed by atoms with Gasteiger partial charge in [0.05, 0.1) is 11.9 Å². The molecule has 0 bridgehead atoms. The van der Waals surface area contributed by atoms with E-state index in [4.69, 9.17) is 4.55 Å². The van der Waals surface area contributed by atoms with Crippen molar-refractivity contribution < 1.29 is 28.0 Å². The second kappa shape index (κ2) is 12.3. The molecular formula is C22H35NO6S. The van der Waals surface area contributed by atoms with Crippen molar-refractivity contribution in [1.82, 2.24) is 5.32 Å². The van der Waals surface area contributed by atoms with Crippen molar-refractivity contribution in [2.24, 2.45) is 17.8 Å². The van der Waals surface area contributed by atoms with Crippen LogP contribution in [0, 0.1) is 17.8 Å². The number of aliphatic hydroxyl groups excluding tert-OH is 2. The lowest BCUT2D eigenvalue weighted by Crippen LogP contribution is -2.44. The summed E-state index contributed by atoms with van der Waals surface area (Å²) in [6, 6.07) is 0. The molecule has 0 saturated heterocycles. The summed E-state index contributed by atoms with van der Waals surface area (Å²) < 4.78 is 30.1. The maximum atomic E-state index is 12.4. The average Bonchev–Trinajstić information content (AvgIpc) is 2.61. The minimum Gasteiger partial charge on any atom is -0.388 e. The molecule has 30 heavy (non-hydrogen) atoms. The molecule has 0 amide bonds. The fourth-order valence-electron chi connectivity index (χ4n) is 3.14. The number of allylic oxidation sites excluding steroid dienone is 5. The fraction of sp³-hybridized carbons (Fsp3) is 0.591. The molecule has 170 valence electrons. The molecule has 0 aromatic heterocycles. The van der Waals surface area contributed by atoms with E-state index < -0.39 is 39.8 Å². The molecule has 0 fully saturated rings. The summed E-state index contributed by atoms with van der Waals surface area (Å²) in [6.45, 7) is 8.10. The molecule has 8 heteroatoms. The SMILES string of the molecule is C/C(=C\C=C\[C@H](C)/C=C/CC(C)C)[C@H]1[C@@H](O)C=C(CNCCS(=O)(=O)O)C(=O)[C@@H]1O. The Kier molecular flexibility index (Phi) is 10.9. The van der Waals surface area contributed by atoms with Crippen LogP contribution < -0.4 is 5.32 Å². The Balaban J connectivity index is 2.73. The summed E-state index contributed by atoms with van der Waals surface area (Å²) in [4.78, 5) is 12.4. The van der Waals surface area contributed by atoms with Crippen LogP contribution in [0.5, 0.6) is 0 Å². The van der Waals surface area contributed by atoms with E-state index in [1.54, 1.807) is 13.0 Å². The van der Waals surface area contributed by atoms with Crippen LogP contribution in [-0.4, -0.2) is 60.0 Å². The Hall–Kier alpha value is -1.58. The van der Waals surface area contributed by atoms with Crippen LogP contribution in [-0.2, 0) is 14.9 Å². The Morgan fingerprint density at radius 3 is 2.50 bits per heavy atom. The Bertz CT molecular complexity index is 794. The van der Waals surface area contributed by atoms with E-state index in [1.165, 1.54) is 6.08 Å². The van der Waals surface area contributed by atoms with Gasteiger partial charge in [-0.3, -0.25) is 9.35 Å². The monoisotopic (exact) mass is 441 g/mol. The zero-order valence-electron chi connectivity index (χ0n) is 18.2. The molecule has 0 saturated carbocycles. The molecule has 7 nitrogen and oxygen atoms in total. The highest BCUT2D eigenvalue weighted by molar-refractivity contribution is 7.85. The molecule has 0 aromatic rings. The van der Waals surface area contributed by atoms with E-state index in [-0.39, 0.29) is 24.6 Å². The number of rotatable bonds is 11. The van der Waals surface area contributed by atoms with Crippen LogP contribution in [0.15, 0.2) is 47.6 Å². The van der Waals surface area contributed by atoms with Gasteiger partial charge >= 0.3 is 0 Å². The molecule has 0 heterocycles. The third-order valence-corrected chi connectivity index (χ3v) is 5.58. The molecule has 0 spiro atoms. The van der Waals surface area contributed by atoms with Gasteiger partial charge in [-0.2, -0.15) is 8.42 Å². The predicted molar refractivity (Wildman–Crippen MR) is 119 cm³/mol. The van der Waals surface area contributed by atoms with Crippen LogP contribution in [0.4, 0.5) is 0 Å². The minimum absolute atomic E-state index is 0.00190. The first-order chi connectivity index (χ1) is 13.9. The number of Topliss-reactive ketones (excluding diaryl/α,β-unsaturated/α-hetero) is 1. The molecule has 0 radical (unpaired) electrons. The molecule has 1 rings (SSSR count). The molecular weight excluding hydrogens is 406 g/mol. The van der Waals surface area contributed by atoms with Gasteiger partial charge in [0, 0.05) is 24.6 Å². The minimum atomic E-state index is -4.09. The maximum absolute atomic E-state index is 12.4. The topological polar surface area (TPSA) is 124 Å². The summed E-state index contributed by atoms with van der Waals surface area (Å²) in [6.07, 6.45) is 9.93. The highest BCUT2D eigenvalue weighted by Gasteiger charge is 2.37. The van der Waals surface area contributed by atoms with Crippen LogP contribution in [0.2, 0.25) is 0 Å². The van der Waals surface area contributed by atoms with Gasteiger partial charge in [0.2, 0.25) is 0 Å². The van der Waals surface area contributed by atoms with Crippen molar-refractivity contribution in [2.75, 3.05) is 18.8 Å². The lowest BCUT2D eigenvalue weighted by Gasteiger charge is -2.31. The number of hydrogen-bond donors (Lipinski definition) is 4. The number of ketones is 1. The molecule has 0 unspecified atom stereocenters. The standard InChI is InChI=1S/C22H35NO6S/c1-15(2)7-5-8-16(3)9-6-10-17(4)20-19(24)13-18(21(25)22(20)26)14-23-11-12-30(27,28)29/h5-6,8-10,13,15-16,19-20,22-24,26H,7,11-12,14H2,1-4H3,(H,27,28,29)/b8-5+,9-6+,17-10+/t16-,19+,20+,22-/m1/s1. The first-order valence-electron chi connectivity index (χ1n) is 10.2. The van der Waals surface area contributed by atoms with E-state index in [0.29, 0.717) is 11.5 Å². The number of hydrogen-bond acceptors (Lipinski definition) is 6. The largest absolute Gasteiger partial charge is 0.388 e. The number of aliphatic hydroxyl groups is 2. The van der Waals surface area contributed by atoms with E-state index in [0.717, 1.165) is 6.42 Å². The Labute approximate surface area is 180 Å². The molecule has 0 aliphatic heterocycles. The third kappa shape index (κ3) is 9.49. The maximum Gasteiger partial charge on any atom is 0.266 e. The molecule has 4 atom stereocenters. The Morgan fingerprint density at radius 1 is 1.23 bits per heavy atom. The van der Waals surface area contributed by atoms with Gasteiger partial charge in [-0.05, 0) is 31.3 Å². The molecule has 4 N–H and O–H groups in total. The average molecular weight is 442 g/mol. The van der Waals surface area contributed by atoms with Crippen LogP contribution >= 0.6 is 0 Å². The summed E-state index contributed by atoms with van der Waals surface area (Å²) >= 11 is 0. The van der Waals surface area contributed by atoms with Crippen LogP contribution in [0.1, 0.15) is 34.1 Å². The normalized spacial score (nSPS) is 24.8. The molecule has 1 aliphatic rings. The summed E-state index contributed by atoms with van der Waals surface area (Å²) in [5, 5.41) is 23.6. The second-order valence-electron chi connectivity index (χ2n) is 8.19. The van der Waals surface area contributed by atoms with Crippen molar-refractivity contribution in [3.8, 4) is 0 Å². The van der Waals surface area contributed by atoms with Crippen molar-refractivity contribution in [3.63, 3.8) is 0 Å². The predicted octanol–water partition coefficient (Wildman–Crippen LogP) is 2.05. The number of carbonyl (C=O) groups is 1. The van der Waals surface area contributed by atoms with Crippen molar-refractivity contribution in [3.05, 3.63) is 47.6 Å². The number of carbonyl (C=O) groups excluding carboxylic acids is 1. The van der Waals surface area contributed by atoms with E-state index in [1.807, 2.05) is 12.2 Å². The van der Waals surface area contributed by atoms with Gasteiger partial charge in [-0.25, -0.2) is 0 Å². The number of nitrogens with one attached hydrogen (secondary N) is 1. The Morgan fingerprint density at radius 2 is 1.90 bits per heavy atom. The molecule has 1 aliphatic carbocycles. The molecule has 0 aromatic carbocycles. The van der Waals surface area contributed by atoms with E-state index in [9.17, 15) is 23.4 Å². The lowest BCUT2D eigenvalue weighted by atomic mass is 9.79. The summed E-state index contributed by atoms with van der Waals surface area (Å²) in [5.41, 5.74) is 0.876. The van der Waals surface area contributed by atoms with Gasteiger partial charge in [0.25, 0.3) is 10.1 Å². The van der Waals surface area contributed by atoms with Gasteiger partial charge < -0.3 is 15.5 Å². The van der Waals surface area contributed by atoms with E-state index in [2.05, 4.69) is 38.2 Å². The van der Waals surface area contributed by atoms with Gasteiger partial charge in [0.1, 0.15) is 6.10 Å². The highest BCUT2D eigenvalue weighted by atomic mass is 32.2. The van der Waals surface area contributed by atoms with Crippen molar-refractivity contribution in [1.29, 1.82) is 0 Å². The van der Waals surface area contributed by atoms with Gasteiger partial charge in [0.15, 0.2) is 5.78 Å². The van der Waals surface area contributed by atoms with E-state index >= 15 is 0 Å². The lowest BCUT2D eigenvalue weighted by molar-refractivity contribution is -0.128. The fourth-order valence-corrected chi connectivity index (χ4v) is 3.55. The zero-order valence-corrected chi connectivity index (χ0v) is 19.0. The smallest absolute Gasteiger partial charge is 0.266 e. The first kappa shape index (κ1) is 26.5. The highest BCUT2D eigenvalue weighted by Crippen LogP contribution is 2.28. The zero-order chi connectivity index (χ0) is 22.9. The first-order valence-corrected chi connectivity index (χ1v) is 11.8. The second-order valence-corrected chi connectivity index (χ2v) is 9.76. The van der Waals surface area contributed by atoms with Crippen LogP contribution in [0.25, 0.3) is 0 Å². The summed E-state index contributed by atoms with van der Waals surface area (Å²) in [7, 11) is -4.09. The van der Waals surface area contributed by atoms with Gasteiger partial charge in [-0.15, -0.1) is 0 Å². The summed E-state index contributed by atoms with van der Waals surface area (Å²) in [5.74, 6) is -0.873. The van der Waals surface area contributed by atoms with Gasteiger partial charge in [-0.1, -0.05) is 56.7 Å². The van der Waals surface area contributed by atoms with Crippen LogP contribution in [0.3, 0.4) is 0 Å². The van der Waals surface area contributed by atoms with Crippen molar-refractivity contribution >= 4 is 15.9 Å². The van der Waals surface area contributed by atoms with Crippen molar-refractivity contribution in [2.45, 2.75) is 46.3 Å².